The molecule has 1 aliphatic rings. The molecule has 1 fully saturated rings. The van der Waals surface area contributed by atoms with Crippen LogP contribution in [0, 0.1) is 0 Å². The molecule has 0 radical (unpaired) electrons. The molecule has 0 heterocycles. The van der Waals surface area contributed by atoms with Gasteiger partial charge in [0.15, 0.2) is 0 Å². The molecule has 0 aliphatic heterocycles. The summed E-state index contributed by atoms with van der Waals surface area (Å²) in [5.41, 5.74) is 0. The van der Waals surface area contributed by atoms with Crippen LogP contribution in [0.4, 0.5) is 0 Å². The fraction of sp³-hybridized carbons (Fsp3) is 0.889. The first-order chi connectivity index (χ1) is 5.72. The number of carbonyl (C=O) groups excluding carboxylic acids is 1. The average Bonchev–Trinajstić information content (AvgIpc) is 1.98. The standard InChI is InChI=1S/C9H16O3/c1-3-11-6-7(2)12-9-4-8(10)5-9/h7,9H,3-6H2,1-2H3. The van der Waals surface area contributed by atoms with E-state index in [1.807, 2.05) is 13.8 Å². The van der Waals surface area contributed by atoms with Gasteiger partial charge in [0.1, 0.15) is 5.78 Å². The van der Waals surface area contributed by atoms with E-state index in [-0.39, 0.29) is 12.2 Å². The molecule has 12 heavy (non-hydrogen) atoms. The molecule has 0 N–H and O–H groups in total. The number of ketones is 1. The Kier molecular flexibility index (Phi) is 3.69. The SMILES string of the molecule is CCOCC(C)OC1CC(=O)C1. The molecular weight excluding hydrogens is 156 g/mol. The Hall–Kier alpha value is -0.410. The van der Waals surface area contributed by atoms with Gasteiger partial charge in [0.05, 0.1) is 18.8 Å². The first kappa shape index (κ1) is 9.68. The van der Waals surface area contributed by atoms with Crippen molar-refractivity contribution in [3.63, 3.8) is 0 Å². The lowest BCUT2D eigenvalue weighted by Gasteiger charge is -2.27. The quantitative estimate of drug-likeness (QED) is 0.624. The van der Waals surface area contributed by atoms with Crippen LogP contribution in [0.15, 0.2) is 0 Å². The van der Waals surface area contributed by atoms with Gasteiger partial charge in [-0.1, -0.05) is 0 Å². The minimum absolute atomic E-state index is 0.114. The largest absolute Gasteiger partial charge is 0.379 e. The maximum atomic E-state index is 10.6. The van der Waals surface area contributed by atoms with E-state index >= 15 is 0 Å². The van der Waals surface area contributed by atoms with Gasteiger partial charge in [-0.2, -0.15) is 0 Å². The molecule has 70 valence electrons. The van der Waals surface area contributed by atoms with Gasteiger partial charge in [0, 0.05) is 19.4 Å². The van der Waals surface area contributed by atoms with Crippen molar-refractivity contribution < 1.29 is 14.3 Å². The molecular formula is C9H16O3. The molecule has 0 aromatic carbocycles. The lowest BCUT2D eigenvalue weighted by atomic mass is 9.94. The van der Waals surface area contributed by atoms with Gasteiger partial charge in [-0.3, -0.25) is 4.79 Å². The summed E-state index contributed by atoms with van der Waals surface area (Å²) < 4.78 is 10.7. The number of Topliss-reactive ketones (excluding diaryl/α,β-unsaturated/α-hetero) is 1. The van der Waals surface area contributed by atoms with Crippen LogP contribution in [0.2, 0.25) is 0 Å². The highest BCUT2D eigenvalue weighted by molar-refractivity contribution is 5.85. The first-order valence-electron chi connectivity index (χ1n) is 4.47. The zero-order valence-electron chi connectivity index (χ0n) is 7.71. The van der Waals surface area contributed by atoms with Crippen molar-refractivity contribution in [2.75, 3.05) is 13.2 Å². The second-order valence-electron chi connectivity index (χ2n) is 3.18. The Balaban J connectivity index is 2.02. The van der Waals surface area contributed by atoms with E-state index in [0.29, 0.717) is 25.2 Å². The molecule has 0 aromatic heterocycles. The van der Waals surface area contributed by atoms with E-state index in [4.69, 9.17) is 9.47 Å². The van der Waals surface area contributed by atoms with Gasteiger partial charge in [0.2, 0.25) is 0 Å². The Labute approximate surface area is 73.0 Å². The van der Waals surface area contributed by atoms with E-state index in [1.165, 1.54) is 0 Å². The van der Waals surface area contributed by atoms with Gasteiger partial charge in [-0.25, -0.2) is 0 Å². The van der Waals surface area contributed by atoms with Crippen LogP contribution in [-0.4, -0.2) is 31.2 Å². The Morgan fingerprint density at radius 3 is 2.75 bits per heavy atom. The summed E-state index contributed by atoms with van der Waals surface area (Å²) >= 11 is 0. The topological polar surface area (TPSA) is 35.5 Å². The van der Waals surface area contributed by atoms with E-state index in [2.05, 4.69) is 0 Å². The highest BCUT2D eigenvalue weighted by Crippen LogP contribution is 2.19. The van der Waals surface area contributed by atoms with Crippen LogP contribution >= 0.6 is 0 Å². The van der Waals surface area contributed by atoms with Crippen LogP contribution < -0.4 is 0 Å². The molecule has 0 bridgehead atoms. The van der Waals surface area contributed by atoms with Crippen molar-refractivity contribution in [3.8, 4) is 0 Å². The average molecular weight is 172 g/mol. The first-order valence-corrected chi connectivity index (χ1v) is 4.47. The van der Waals surface area contributed by atoms with E-state index in [1.54, 1.807) is 0 Å². The van der Waals surface area contributed by atoms with Crippen LogP contribution in [0.3, 0.4) is 0 Å². The second-order valence-corrected chi connectivity index (χ2v) is 3.18. The molecule has 1 aliphatic carbocycles. The number of carbonyl (C=O) groups is 1. The Bertz CT molecular complexity index is 148. The smallest absolute Gasteiger partial charge is 0.138 e. The number of hydrogen-bond donors (Lipinski definition) is 0. The summed E-state index contributed by atoms with van der Waals surface area (Å²) in [6.45, 7) is 5.27. The molecule has 1 saturated carbocycles. The predicted molar refractivity (Wildman–Crippen MR) is 45.1 cm³/mol. The number of hydrogen-bond acceptors (Lipinski definition) is 3. The highest BCUT2D eigenvalue weighted by Gasteiger charge is 2.28. The normalized spacial score (nSPS) is 20.7. The summed E-state index contributed by atoms with van der Waals surface area (Å²) in [5.74, 6) is 0.309. The van der Waals surface area contributed by atoms with Gasteiger partial charge in [-0.05, 0) is 13.8 Å². The monoisotopic (exact) mass is 172 g/mol. The summed E-state index contributed by atoms with van der Waals surface area (Å²) in [7, 11) is 0. The summed E-state index contributed by atoms with van der Waals surface area (Å²) in [4.78, 5) is 10.6. The Morgan fingerprint density at radius 1 is 1.58 bits per heavy atom. The number of rotatable bonds is 5. The lowest BCUT2D eigenvalue weighted by molar-refractivity contribution is -0.140. The molecule has 3 nitrogen and oxygen atoms in total. The van der Waals surface area contributed by atoms with Crippen molar-refractivity contribution in [1.82, 2.24) is 0 Å². The number of ether oxygens (including phenoxy) is 2. The molecule has 0 amide bonds. The second kappa shape index (κ2) is 4.58. The molecule has 0 spiro atoms. The van der Waals surface area contributed by atoms with E-state index in [9.17, 15) is 4.79 Å². The van der Waals surface area contributed by atoms with Crippen LogP contribution in [0.25, 0.3) is 0 Å². The maximum absolute atomic E-state index is 10.6. The van der Waals surface area contributed by atoms with Crippen molar-refractivity contribution in [3.05, 3.63) is 0 Å². The van der Waals surface area contributed by atoms with Crippen molar-refractivity contribution in [1.29, 1.82) is 0 Å². The molecule has 1 unspecified atom stereocenters. The summed E-state index contributed by atoms with van der Waals surface area (Å²) in [5, 5.41) is 0. The third kappa shape index (κ3) is 2.91. The lowest BCUT2D eigenvalue weighted by Crippen LogP contribution is -2.35. The molecule has 0 aromatic rings. The molecule has 0 saturated heterocycles. The van der Waals surface area contributed by atoms with Crippen LogP contribution in [-0.2, 0) is 14.3 Å². The third-order valence-electron chi connectivity index (χ3n) is 1.89. The summed E-state index contributed by atoms with van der Waals surface area (Å²) in [6, 6.07) is 0. The van der Waals surface area contributed by atoms with Gasteiger partial charge in [0.25, 0.3) is 0 Å². The fourth-order valence-corrected chi connectivity index (χ4v) is 1.20. The maximum Gasteiger partial charge on any atom is 0.138 e. The summed E-state index contributed by atoms with van der Waals surface area (Å²) in [6.07, 6.45) is 1.46. The molecule has 1 rings (SSSR count). The minimum atomic E-state index is 0.114. The molecule has 3 heteroatoms. The molecule has 1 atom stereocenters. The third-order valence-corrected chi connectivity index (χ3v) is 1.89. The van der Waals surface area contributed by atoms with Crippen molar-refractivity contribution >= 4 is 5.78 Å². The van der Waals surface area contributed by atoms with E-state index < -0.39 is 0 Å². The van der Waals surface area contributed by atoms with Crippen LogP contribution in [0.5, 0.6) is 0 Å². The minimum Gasteiger partial charge on any atom is -0.379 e. The van der Waals surface area contributed by atoms with Crippen molar-refractivity contribution in [2.45, 2.75) is 38.9 Å². The van der Waals surface area contributed by atoms with Gasteiger partial charge < -0.3 is 9.47 Å². The van der Waals surface area contributed by atoms with Crippen LogP contribution in [0.1, 0.15) is 26.7 Å². The highest BCUT2D eigenvalue weighted by atomic mass is 16.5. The fourth-order valence-electron chi connectivity index (χ4n) is 1.20. The zero-order valence-corrected chi connectivity index (χ0v) is 7.71. The Morgan fingerprint density at radius 2 is 2.25 bits per heavy atom. The van der Waals surface area contributed by atoms with E-state index in [0.717, 1.165) is 6.61 Å². The van der Waals surface area contributed by atoms with Crippen molar-refractivity contribution in [2.24, 2.45) is 0 Å². The van der Waals surface area contributed by atoms with Gasteiger partial charge in [-0.15, -0.1) is 0 Å². The zero-order chi connectivity index (χ0) is 8.97. The predicted octanol–water partition coefficient (Wildman–Crippen LogP) is 1.16. The van der Waals surface area contributed by atoms with Gasteiger partial charge >= 0.3 is 0 Å².